The molecule has 10 heavy (non-hydrogen) atoms. The summed E-state index contributed by atoms with van der Waals surface area (Å²) in [7, 11) is 1.60. The molecule has 3 nitrogen and oxygen atoms in total. The number of methoxy groups -OCH3 is 1. The summed E-state index contributed by atoms with van der Waals surface area (Å²) in [6, 6.07) is 0.123. The molecule has 0 aromatic carbocycles. The first-order chi connectivity index (χ1) is 4.81. The standard InChI is InChI=1S/C5H11NO2.C2H6/c1-5(3-8-2)6-4-7;1-2/h4-5H,3H2,1-2H3,(H,6,7);1-2H3. The van der Waals surface area contributed by atoms with Gasteiger partial charge in [-0.15, -0.1) is 0 Å². The van der Waals surface area contributed by atoms with E-state index in [0.717, 1.165) is 0 Å². The Balaban J connectivity index is 0. The Morgan fingerprint density at radius 3 is 2.40 bits per heavy atom. The minimum Gasteiger partial charge on any atom is -0.383 e. The summed E-state index contributed by atoms with van der Waals surface area (Å²) in [5, 5.41) is 2.54. The van der Waals surface area contributed by atoms with E-state index in [4.69, 9.17) is 4.74 Å². The summed E-state index contributed by atoms with van der Waals surface area (Å²) in [5.41, 5.74) is 0. The summed E-state index contributed by atoms with van der Waals surface area (Å²) >= 11 is 0. The van der Waals surface area contributed by atoms with Crippen LogP contribution in [0.5, 0.6) is 0 Å². The van der Waals surface area contributed by atoms with Gasteiger partial charge in [0.2, 0.25) is 6.41 Å². The Morgan fingerprint density at radius 1 is 1.60 bits per heavy atom. The fraction of sp³-hybridized carbons (Fsp3) is 0.857. The van der Waals surface area contributed by atoms with Gasteiger partial charge >= 0.3 is 0 Å². The number of carbonyl (C=O) groups is 1. The minimum atomic E-state index is 0.123. The molecule has 1 amide bonds. The summed E-state index contributed by atoms with van der Waals surface area (Å²) in [6.45, 7) is 6.44. The molecule has 0 spiro atoms. The first-order valence-electron chi connectivity index (χ1n) is 3.50. The fourth-order valence-corrected chi connectivity index (χ4v) is 0.414. The molecule has 0 rings (SSSR count). The highest BCUT2D eigenvalue weighted by molar-refractivity contribution is 5.46. The van der Waals surface area contributed by atoms with Crippen molar-refractivity contribution in [1.82, 2.24) is 5.32 Å². The SMILES string of the molecule is CC.COCC(C)NC=O. The molecule has 0 aliphatic rings. The molecular formula is C7H17NO2. The maximum atomic E-state index is 9.72. The lowest BCUT2D eigenvalue weighted by molar-refractivity contribution is -0.110. The summed E-state index contributed by atoms with van der Waals surface area (Å²) in [4.78, 5) is 9.72. The third kappa shape index (κ3) is 10.4. The largest absolute Gasteiger partial charge is 0.383 e. The molecule has 0 fully saturated rings. The smallest absolute Gasteiger partial charge is 0.207 e. The number of carbonyl (C=O) groups excluding carboxylic acids is 1. The first-order valence-corrected chi connectivity index (χ1v) is 3.50. The predicted molar refractivity (Wildman–Crippen MR) is 41.9 cm³/mol. The molecule has 0 heterocycles. The van der Waals surface area contributed by atoms with Crippen LogP contribution in [0, 0.1) is 0 Å². The van der Waals surface area contributed by atoms with Crippen LogP contribution in [0.2, 0.25) is 0 Å². The maximum Gasteiger partial charge on any atom is 0.207 e. The van der Waals surface area contributed by atoms with Gasteiger partial charge < -0.3 is 10.1 Å². The van der Waals surface area contributed by atoms with Crippen molar-refractivity contribution in [2.24, 2.45) is 0 Å². The highest BCUT2D eigenvalue weighted by Crippen LogP contribution is 1.77. The summed E-state index contributed by atoms with van der Waals surface area (Å²) < 4.78 is 4.73. The van der Waals surface area contributed by atoms with Crippen LogP contribution in [0.3, 0.4) is 0 Å². The molecule has 0 aliphatic carbocycles. The van der Waals surface area contributed by atoms with Gasteiger partial charge in [0.05, 0.1) is 6.61 Å². The van der Waals surface area contributed by atoms with Crippen LogP contribution in [-0.4, -0.2) is 26.2 Å². The second-order valence-electron chi connectivity index (χ2n) is 1.64. The lowest BCUT2D eigenvalue weighted by Crippen LogP contribution is -2.28. The Hall–Kier alpha value is -0.570. The molecule has 1 atom stereocenters. The average molecular weight is 147 g/mol. The van der Waals surface area contributed by atoms with E-state index in [9.17, 15) is 4.79 Å². The lowest BCUT2D eigenvalue weighted by Gasteiger charge is -2.06. The second kappa shape index (κ2) is 11.3. The van der Waals surface area contributed by atoms with Crippen LogP contribution in [0.4, 0.5) is 0 Å². The van der Waals surface area contributed by atoms with Crippen LogP contribution < -0.4 is 5.32 Å². The van der Waals surface area contributed by atoms with Crippen molar-refractivity contribution < 1.29 is 9.53 Å². The number of amides is 1. The Labute approximate surface area is 62.8 Å². The molecule has 0 aliphatic heterocycles. The third-order valence-corrected chi connectivity index (χ3v) is 0.769. The van der Waals surface area contributed by atoms with Crippen molar-refractivity contribution in [2.45, 2.75) is 26.8 Å². The van der Waals surface area contributed by atoms with Crippen LogP contribution in [0.15, 0.2) is 0 Å². The highest BCUT2D eigenvalue weighted by Gasteiger charge is 1.94. The normalized spacial score (nSPS) is 10.8. The van der Waals surface area contributed by atoms with Gasteiger partial charge in [0.25, 0.3) is 0 Å². The number of hydrogen-bond acceptors (Lipinski definition) is 2. The lowest BCUT2D eigenvalue weighted by atomic mass is 10.4. The Morgan fingerprint density at radius 2 is 2.10 bits per heavy atom. The zero-order chi connectivity index (χ0) is 8.41. The summed E-state index contributed by atoms with van der Waals surface area (Å²) in [5.74, 6) is 0. The minimum absolute atomic E-state index is 0.123. The van der Waals surface area contributed by atoms with Gasteiger partial charge in [-0.1, -0.05) is 13.8 Å². The monoisotopic (exact) mass is 147 g/mol. The van der Waals surface area contributed by atoms with Gasteiger partial charge in [-0.2, -0.15) is 0 Å². The molecule has 1 N–H and O–H groups in total. The average Bonchev–Trinajstić information content (AvgIpc) is 1.93. The molecule has 0 radical (unpaired) electrons. The van der Waals surface area contributed by atoms with Crippen LogP contribution >= 0.6 is 0 Å². The number of rotatable bonds is 4. The quantitative estimate of drug-likeness (QED) is 0.597. The number of nitrogens with one attached hydrogen (secondary N) is 1. The molecule has 62 valence electrons. The van der Waals surface area contributed by atoms with Crippen LogP contribution in [0.1, 0.15) is 20.8 Å². The van der Waals surface area contributed by atoms with Crippen molar-refractivity contribution in [2.75, 3.05) is 13.7 Å². The highest BCUT2D eigenvalue weighted by atomic mass is 16.5. The van der Waals surface area contributed by atoms with E-state index in [1.54, 1.807) is 7.11 Å². The fourth-order valence-electron chi connectivity index (χ4n) is 0.414. The van der Waals surface area contributed by atoms with Gasteiger partial charge in [0, 0.05) is 13.2 Å². The van der Waals surface area contributed by atoms with Gasteiger partial charge in [-0.3, -0.25) is 4.79 Å². The molecule has 0 aromatic rings. The zero-order valence-electron chi connectivity index (χ0n) is 7.18. The molecule has 0 saturated carbocycles. The zero-order valence-corrected chi connectivity index (χ0v) is 7.18. The Kier molecular flexibility index (Phi) is 13.7. The van der Waals surface area contributed by atoms with Crippen molar-refractivity contribution >= 4 is 6.41 Å². The van der Waals surface area contributed by atoms with Crippen molar-refractivity contribution in [3.8, 4) is 0 Å². The van der Waals surface area contributed by atoms with E-state index in [-0.39, 0.29) is 6.04 Å². The molecule has 0 aromatic heterocycles. The Bertz CT molecular complexity index is 66.6. The molecule has 1 unspecified atom stereocenters. The predicted octanol–water partition coefficient (Wildman–Crippen LogP) is 0.793. The number of ether oxygens (including phenoxy) is 1. The van der Waals surface area contributed by atoms with Gasteiger partial charge in [0.15, 0.2) is 0 Å². The topological polar surface area (TPSA) is 38.3 Å². The van der Waals surface area contributed by atoms with E-state index in [1.165, 1.54) is 0 Å². The summed E-state index contributed by atoms with van der Waals surface area (Å²) in [6.07, 6.45) is 0.670. The molecule has 0 bridgehead atoms. The van der Waals surface area contributed by atoms with Gasteiger partial charge in [0.1, 0.15) is 0 Å². The van der Waals surface area contributed by atoms with E-state index in [1.807, 2.05) is 20.8 Å². The van der Waals surface area contributed by atoms with Gasteiger partial charge in [-0.05, 0) is 6.92 Å². The van der Waals surface area contributed by atoms with E-state index in [2.05, 4.69) is 5.32 Å². The van der Waals surface area contributed by atoms with E-state index < -0.39 is 0 Å². The maximum absolute atomic E-state index is 9.72. The van der Waals surface area contributed by atoms with E-state index in [0.29, 0.717) is 13.0 Å². The molecular weight excluding hydrogens is 130 g/mol. The van der Waals surface area contributed by atoms with Crippen LogP contribution in [0.25, 0.3) is 0 Å². The van der Waals surface area contributed by atoms with Crippen LogP contribution in [-0.2, 0) is 9.53 Å². The van der Waals surface area contributed by atoms with Crippen molar-refractivity contribution in [3.63, 3.8) is 0 Å². The second-order valence-corrected chi connectivity index (χ2v) is 1.64. The number of hydrogen-bond donors (Lipinski definition) is 1. The third-order valence-electron chi connectivity index (χ3n) is 0.769. The van der Waals surface area contributed by atoms with E-state index >= 15 is 0 Å². The molecule has 0 saturated heterocycles. The van der Waals surface area contributed by atoms with Crippen molar-refractivity contribution in [3.05, 3.63) is 0 Å². The molecule has 3 heteroatoms. The van der Waals surface area contributed by atoms with Gasteiger partial charge in [-0.25, -0.2) is 0 Å². The van der Waals surface area contributed by atoms with Crippen molar-refractivity contribution in [1.29, 1.82) is 0 Å². The first kappa shape index (κ1) is 12.1.